The van der Waals surface area contributed by atoms with Crippen molar-refractivity contribution in [2.45, 2.75) is 31.8 Å². The first-order valence-electron chi connectivity index (χ1n) is 11.7. The number of carbonyl (C=O) groups is 2. The number of amides is 1. The Morgan fingerprint density at radius 1 is 1.24 bits per heavy atom. The Morgan fingerprint density at radius 3 is 2.73 bits per heavy atom. The number of aromatic nitrogens is 3. The Labute approximate surface area is 215 Å². The van der Waals surface area contributed by atoms with Gasteiger partial charge in [-0.1, -0.05) is 6.07 Å². The third-order valence-corrected chi connectivity index (χ3v) is 6.86. The standard InChI is InChI=1S/C24H28N6O6S/c1-36-20-8-6-19(7-9-20)30(37(34)35)21(24(32)33)14-26-23(31)17-13-27-29(15-17)12-10-18-5-4-16-3-2-11-25-22(16)28-18/h4-9,13,15,21,37H,2-3,10-12,14H2,1H3,(H,25,28)(H,26,31)(H,32,33)/t21-/m0/s1. The summed E-state index contributed by atoms with van der Waals surface area (Å²) in [5, 5.41) is 19.7. The van der Waals surface area contributed by atoms with Crippen molar-refractivity contribution in [2.75, 3.05) is 29.8 Å². The second-order valence-corrected chi connectivity index (χ2v) is 9.33. The van der Waals surface area contributed by atoms with Gasteiger partial charge in [-0.3, -0.25) is 13.8 Å². The molecule has 0 saturated heterocycles. The number of anilines is 2. The van der Waals surface area contributed by atoms with E-state index in [1.165, 1.54) is 43.1 Å². The number of aryl methyl sites for hydroxylation is 3. The molecule has 3 N–H and O–H groups in total. The molecule has 2 aromatic heterocycles. The molecule has 1 aliphatic heterocycles. The highest BCUT2D eigenvalue weighted by Gasteiger charge is 2.29. The molecule has 12 nitrogen and oxygen atoms in total. The zero-order valence-corrected chi connectivity index (χ0v) is 21.1. The number of thiol groups is 1. The minimum absolute atomic E-state index is 0.136. The number of hydrogen-bond acceptors (Lipinski definition) is 8. The van der Waals surface area contributed by atoms with Crippen LogP contribution in [0.1, 0.15) is 28.0 Å². The highest BCUT2D eigenvalue weighted by molar-refractivity contribution is 7.74. The maximum absolute atomic E-state index is 12.7. The van der Waals surface area contributed by atoms with Gasteiger partial charge < -0.3 is 20.5 Å². The van der Waals surface area contributed by atoms with Crippen LogP contribution in [0, 0.1) is 0 Å². The third-order valence-electron chi connectivity index (χ3n) is 5.99. The summed E-state index contributed by atoms with van der Waals surface area (Å²) in [7, 11) is -1.84. The molecule has 0 fully saturated rings. The lowest BCUT2D eigenvalue weighted by Crippen LogP contribution is -2.48. The Balaban J connectivity index is 1.37. The number of hydrogen-bond donors (Lipinski definition) is 4. The molecule has 1 atom stereocenters. The number of aliphatic carboxylic acids is 1. The van der Waals surface area contributed by atoms with Crippen LogP contribution in [-0.2, 0) is 35.1 Å². The van der Waals surface area contributed by atoms with Crippen LogP contribution in [0.3, 0.4) is 0 Å². The summed E-state index contributed by atoms with van der Waals surface area (Å²) >= 11 is 0. The Bertz CT molecular complexity index is 1330. The molecule has 3 heterocycles. The minimum atomic E-state index is -3.30. The van der Waals surface area contributed by atoms with Gasteiger partial charge in [0.05, 0.1) is 31.1 Å². The van der Waals surface area contributed by atoms with E-state index in [1.807, 2.05) is 6.07 Å². The fourth-order valence-corrected chi connectivity index (χ4v) is 4.76. The van der Waals surface area contributed by atoms with Gasteiger partial charge in [0, 0.05) is 31.4 Å². The lowest BCUT2D eigenvalue weighted by Gasteiger charge is -2.25. The Kier molecular flexibility index (Phi) is 8.23. The van der Waals surface area contributed by atoms with Gasteiger partial charge in [-0.05, 0) is 48.7 Å². The van der Waals surface area contributed by atoms with Crippen LogP contribution in [0.5, 0.6) is 5.75 Å². The molecule has 37 heavy (non-hydrogen) atoms. The van der Waals surface area contributed by atoms with Crippen molar-refractivity contribution in [3.05, 3.63) is 65.6 Å². The van der Waals surface area contributed by atoms with Crippen LogP contribution in [0.4, 0.5) is 11.5 Å². The molecule has 0 bridgehead atoms. The smallest absolute Gasteiger partial charge is 0.329 e. The topological polar surface area (TPSA) is 156 Å². The first kappa shape index (κ1) is 25.9. The maximum Gasteiger partial charge on any atom is 0.329 e. The quantitative estimate of drug-likeness (QED) is 0.268. The van der Waals surface area contributed by atoms with Gasteiger partial charge >= 0.3 is 5.97 Å². The lowest BCUT2D eigenvalue weighted by atomic mass is 10.1. The number of benzene rings is 1. The predicted octanol–water partition coefficient (Wildman–Crippen LogP) is 1.10. The average Bonchev–Trinajstić information content (AvgIpc) is 3.38. The Morgan fingerprint density at radius 2 is 2.03 bits per heavy atom. The number of carboxylic acid groups (broad SMARTS) is 1. The molecule has 0 unspecified atom stereocenters. The van der Waals surface area contributed by atoms with Crippen molar-refractivity contribution in [1.82, 2.24) is 20.1 Å². The number of nitrogens with one attached hydrogen (secondary N) is 2. The summed E-state index contributed by atoms with van der Waals surface area (Å²) in [5.41, 5.74) is 2.48. The van der Waals surface area contributed by atoms with E-state index in [0.29, 0.717) is 18.7 Å². The zero-order chi connectivity index (χ0) is 26.4. The van der Waals surface area contributed by atoms with Gasteiger partial charge in [0.25, 0.3) is 5.91 Å². The first-order chi connectivity index (χ1) is 17.9. The van der Waals surface area contributed by atoms with Crippen LogP contribution in [0.2, 0.25) is 0 Å². The van der Waals surface area contributed by atoms with E-state index in [4.69, 9.17) is 4.74 Å². The fourth-order valence-electron chi connectivity index (χ4n) is 4.03. The van der Waals surface area contributed by atoms with E-state index in [2.05, 4.69) is 26.8 Å². The molecule has 0 radical (unpaired) electrons. The molecule has 1 amide bonds. The molecule has 4 rings (SSSR count). The second kappa shape index (κ2) is 11.7. The molecule has 3 aromatic rings. The molecule has 13 heteroatoms. The number of pyridine rings is 1. The van der Waals surface area contributed by atoms with Crippen molar-refractivity contribution in [3.63, 3.8) is 0 Å². The van der Waals surface area contributed by atoms with E-state index in [0.717, 1.165) is 35.2 Å². The normalized spacial score (nSPS) is 13.4. The summed E-state index contributed by atoms with van der Waals surface area (Å²) < 4.78 is 31.2. The van der Waals surface area contributed by atoms with Gasteiger partial charge in [0.1, 0.15) is 11.6 Å². The predicted molar refractivity (Wildman–Crippen MR) is 137 cm³/mol. The summed E-state index contributed by atoms with van der Waals surface area (Å²) in [5.74, 6) is -0.565. The van der Waals surface area contributed by atoms with Crippen molar-refractivity contribution in [1.29, 1.82) is 0 Å². The molecule has 196 valence electrons. The number of methoxy groups -OCH3 is 1. The number of rotatable bonds is 11. The zero-order valence-electron chi connectivity index (χ0n) is 20.2. The molecule has 1 aromatic carbocycles. The monoisotopic (exact) mass is 528 g/mol. The van der Waals surface area contributed by atoms with Crippen LogP contribution in [0.25, 0.3) is 0 Å². The number of carboxylic acids is 1. The second-order valence-electron chi connectivity index (χ2n) is 8.43. The van der Waals surface area contributed by atoms with Crippen LogP contribution in [0.15, 0.2) is 48.8 Å². The van der Waals surface area contributed by atoms with Crippen molar-refractivity contribution >= 4 is 34.3 Å². The van der Waals surface area contributed by atoms with E-state index in [1.54, 1.807) is 10.9 Å². The highest BCUT2D eigenvalue weighted by Crippen LogP contribution is 2.22. The van der Waals surface area contributed by atoms with Gasteiger partial charge in [-0.15, -0.1) is 0 Å². The molecule has 0 saturated carbocycles. The van der Waals surface area contributed by atoms with E-state index in [9.17, 15) is 23.1 Å². The van der Waals surface area contributed by atoms with Crippen molar-refractivity contribution in [2.24, 2.45) is 0 Å². The molecular formula is C24H28N6O6S. The first-order valence-corrected chi connectivity index (χ1v) is 12.8. The Hall–Kier alpha value is -4.13. The minimum Gasteiger partial charge on any atom is -0.497 e. The number of ether oxygens (including phenoxy) is 1. The molecule has 0 spiro atoms. The molecule has 0 aliphatic carbocycles. The lowest BCUT2D eigenvalue weighted by molar-refractivity contribution is -0.138. The van der Waals surface area contributed by atoms with Crippen LogP contribution < -0.4 is 19.7 Å². The van der Waals surface area contributed by atoms with E-state index < -0.39 is 35.4 Å². The van der Waals surface area contributed by atoms with Gasteiger partial charge in [0.15, 0.2) is 6.04 Å². The van der Waals surface area contributed by atoms with E-state index in [-0.39, 0.29) is 11.3 Å². The van der Waals surface area contributed by atoms with Crippen LogP contribution in [-0.4, -0.2) is 66.4 Å². The SMILES string of the molecule is COc1ccc(N([C@@H](CNC(=O)c2cnn(CCc3ccc4c(n3)NCCC4)c2)C(=O)O)[SH](=O)=O)cc1. The van der Waals surface area contributed by atoms with Crippen LogP contribution >= 0.6 is 0 Å². The van der Waals surface area contributed by atoms with Gasteiger partial charge in [-0.2, -0.15) is 5.10 Å². The third kappa shape index (κ3) is 6.36. The van der Waals surface area contributed by atoms with Gasteiger partial charge in [-0.25, -0.2) is 18.2 Å². The van der Waals surface area contributed by atoms with E-state index >= 15 is 0 Å². The maximum atomic E-state index is 12.7. The fraction of sp³-hybridized carbons (Fsp3) is 0.333. The summed E-state index contributed by atoms with van der Waals surface area (Å²) in [4.78, 5) is 29.2. The highest BCUT2D eigenvalue weighted by atomic mass is 32.2. The summed E-state index contributed by atoms with van der Waals surface area (Å²) in [6.45, 7) is 0.965. The average molecular weight is 529 g/mol. The molecule has 1 aliphatic rings. The summed E-state index contributed by atoms with van der Waals surface area (Å²) in [6, 6.07) is 8.42. The summed E-state index contributed by atoms with van der Waals surface area (Å²) in [6.07, 6.45) is 5.65. The van der Waals surface area contributed by atoms with Crippen molar-refractivity contribution in [3.8, 4) is 5.75 Å². The van der Waals surface area contributed by atoms with Gasteiger partial charge in [0.2, 0.25) is 10.9 Å². The molecular weight excluding hydrogens is 500 g/mol. The number of nitrogens with zero attached hydrogens (tertiary/aromatic N) is 4. The van der Waals surface area contributed by atoms with Crippen molar-refractivity contribution < 1.29 is 27.9 Å². The number of carbonyl (C=O) groups excluding carboxylic acids is 1. The number of fused-ring (bicyclic) bond motifs is 1. The largest absolute Gasteiger partial charge is 0.497 e.